The Bertz CT molecular complexity index is 1160. The van der Waals surface area contributed by atoms with Gasteiger partial charge in [-0.15, -0.1) is 11.3 Å². The number of sulfonamides is 1. The van der Waals surface area contributed by atoms with Crippen molar-refractivity contribution in [1.82, 2.24) is 0 Å². The number of rotatable bonds is 6. The Morgan fingerprint density at radius 2 is 1.74 bits per heavy atom. The Balaban J connectivity index is 1.69. The summed E-state index contributed by atoms with van der Waals surface area (Å²) in [5.41, 5.74) is 1.34. The Labute approximate surface area is 189 Å². The number of hydrogen-bond acceptors (Lipinski definition) is 6. The van der Waals surface area contributed by atoms with Gasteiger partial charge in [-0.25, -0.2) is 8.42 Å². The zero-order valence-electron chi connectivity index (χ0n) is 16.4. The van der Waals surface area contributed by atoms with Gasteiger partial charge >= 0.3 is 0 Å². The highest BCUT2D eigenvalue weighted by Gasteiger charge is 2.24. The van der Waals surface area contributed by atoms with E-state index in [0.717, 1.165) is 0 Å². The third kappa shape index (κ3) is 5.19. The van der Waals surface area contributed by atoms with Crippen molar-refractivity contribution in [2.45, 2.75) is 4.90 Å². The molecule has 4 rings (SSSR count). The highest BCUT2D eigenvalue weighted by Crippen LogP contribution is 2.31. The van der Waals surface area contributed by atoms with Crippen molar-refractivity contribution >= 4 is 55.9 Å². The van der Waals surface area contributed by atoms with Crippen LogP contribution in [0.15, 0.2) is 64.9 Å². The zero-order valence-corrected chi connectivity index (χ0v) is 18.8. The summed E-state index contributed by atoms with van der Waals surface area (Å²) in [5.74, 6) is -0.289. The Kier molecular flexibility index (Phi) is 6.47. The average molecular weight is 478 g/mol. The molecule has 2 N–H and O–H groups in total. The molecular formula is C21H20ClN3O4S2. The summed E-state index contributed by atoms with van der Waals surface area (Å²) in [7, 11) is -3.94. The molecule has 2 aromatic carbocycles. The molecule has 0 unspecified atom stereocenters. The van der Waals surface area contributed by atoms with Crippen molar-refractivity contribution in [1.29, 1.82) is 0 Å². The molecule has 0 radical (unpaired) electrons. The Morgan fingerprint density at radius 3 is 2.42 bits per heavy atom. The van der Waals surface area contributed by atoms with Crippen LogP contribution in [-0.2, 0) is 14.8 Å². The number of thiophene rings is 1. The standard InChI is InChI=1S/C21H20ClN3O4S2/c22-15-3-5-16(6-4-15)24-31(27,28)20-14-17(23-21(26)19-2-1-13-30-19)7-8-18(20)25-9-11-29-12-10-25/h1-8,13-14,24H,9-12H2,(H,23,26). The zero-order chi connectivity index (χ0) is 21.8. The van der Waals surface area contributed by atoms with Gasteiger partial charge in [0, 0.05) is 29.5 Å². The summed E-state index contributed by atoms with van der Waals surface area (Å²) in [5, 5.41) is 5.09. The molecular weight excluding hydrogens is 458 g/mol. The third-order valence-electron chi connectivity index (χ3n) is 4.70. The topological polar surface area (TPSA) is 87.7 Å². The number of halogens is 1. The summed E-state index contributed by atoms with van der Waals surface area (Å²) >= 11 is 7.22. The second-order valence-electron chi connectivity index (χ2n) is 6.83. The number of carbonyl (C=O) groups is 1. The van der Waals surface area contributed by atoms with E-state index < -0.39 is 10.0 Å². The summed E-state index contributed by atoms with van der Waals surface area (Å²) in [6.07, 6.45) is 0. The van der Waals surface area contributed by atoms with E-state index in [2.05, 4.69) is 10.0 Å². The van der Waals surface area contributed by atoms with Crippen molar-refractivity contribution in [3.63, 3.8) is 0 Å². The largest absolute Gasteiger partial charge is 0.378 e. The van der Waals surface area contributed by atoms with Crippen molar-refractivity contribution < 1.29 is 17.9 Å². The molecule has 1 aliphatic rings. The van der Waals surface area contributed by atoms with Gasteiger partial charge in [0.2, 0.25) is 0 Å². The highest BCUT2D eigenvalue weighted by atomic mass is 35.5. The quantitative estimate of drug-likeness (QED) is 0.553. The van der Waals surface area contributed by atoms with Crippen LogP contribution < -0.4 is 14.9 Å². The number of amides is 1. The lowest BCUT2D eigenvalue weighted by molar-refractivity contribution is 0.103. The monoisotopic (exact) mass is 477 g/mol. The van der Waals surface area contributed by atoms with E-state index in [1.54, 1.807) is 48.5 Å². The molecule has 10 heteroatoms. The van der Waals surface area contributed by atoms with E-state index in [0.29, 0.717) is 53.3 Å². The second kappa shape index (κ2) is 9.27. The molecule has 1 aromatic heterocycles. The molecule has 162 valence electrons. The molecule has 0 saturated carbocycles. The molecule has 3 aromatic rings. The predicted octanol–water partition coefficient (Wildman–Crippen LogP) is 4.29. The van der Waals surface area contributed by atoms with Crippen LogP contribution in [0.5, 0.6) is 0 Å². The molecule has 0 bridgehead atoms. The molecule has 31 heavy (non-hydrogen) atoms. The van der Waals surface area contributed by atoms with Crippen LogP contribution in [0.4, 0.5) is 17.1 Å². The minimum absolute atomic E-state index is 0.0772. The van der Waals surface area contributed by atoms with Gasteiger partial charge in [-0.2, -0.15) is 0 Å². The van der Waals surface area contributed by atoms with E-state index >= 15 is 0 Å². The van der Waals surface area contributed by atoms with Crippen LogP contribution in [0.3, 0.4) is 0 Å². The van der Waals surface area contributed by atoms with Gasteiger partial charge in [0.05, 0.1) is 23.8 Å². The fraction of sp³-hybridized carbons (Fsp3) is 0.190. The number of ether oxygens (including phenoxy) is 1. The first-order valence-electron chi connectivity index (χ1n) is 9.52. The number of benzene rings is 2. The predicted molar refractivity (Wildman–Crippen MR) is 124 cm³/mol. The molecule has 7 nitrogen and oxygen atoms in total. The Morgan fingerprint density at radius 1 is 1.03 bits per heavy atom. The van der Waals surface area contributed by atoms with Crippen molar-refractivity contribution in [2.24, 2.45) is 0 Å². The number of carbonyl (C=O) groups excluding carboxylic acids is 1. The lowest BCUT2D eigenvalue weighted by atomic mass is 10.2. The normalized spacial score (nSPS) is 14.3. The van der Waals surface area contributed by atoms with E-state index in [1.165, 1.54) is 17.4 Å². The SMILES string of the molecule is O=C(Nc1ccc(N2CCOCC2)c(S(=O)(=O)Nc2ccc(Cl)cc2)c1)c1cccs1. The summed E-state index contributed by atoms with van der Waals surface area (Å²) < 4.78 is 34.6. The summed E-state index contributed by atoms with van der Waals surface area (Å²) in [6, 6.07) is 14.8. The molecule has 1 fully saturated rings. The lowest BCUT2D eigenvalue weighted by Crippen LogP contribution is -2.37. The molecule has 1 amide bonds. The van der Waals surface area contributed by atoms with Gasteiger partial charge in [0.15, 0.2) is 0 Å². The van der Waals surface area contributed by atoms with E-state index in [4.69, 9.17) is 16.3 Å². The number of morpholine rings is 1. The van der Waals surface area contributed by atoms with Crippen molar-refractivity contribution in [2.75, 3.05) is 41.2 Å². The van der Waals surface area contributed by atoms with E-state index in [9.17, 15) is 13.2 Å². The fourth-order valence-electron chi connectivity index (χ4n) is 3.20. The van der Waals surface area contributed by atoms with Crippen molar-refractivity contribution in [3.05, 3.63) is 69.9 Å². The maximum atomic E-state index is 13.3. The minimum Gasteiger partial charge on any atom is -0.378 e. The number of nitrogens with one attached hydrogen (secondary N) is 2. The van der Waals surface area contributed by atoms with Gasteiger partial charge < -0.3 is 15.0 Å². The maximum Gasteiger partial charge on any atom is 0.265 e. The van der Waals surface area contributed by atoms with Gasteiger partial charge in [-0.3, -0.25) is 9.52 Å². The van der Waals surface area contributed by atoms with E-state index in [-0.39, 0.29) is 10.8 Å². The molecule has 1 saturated heterocycles. The first kappa shape index (κ1) is 21.6. The summed E-state index contributed by atoms with van der Waals surface area (Å²) in [4.78, 5) is 15.0. The van der Waals surface area contributed by atoms with Crippen LogP contribution >= 0.6 is 22.9 Å². The number of anilines is 3. The molecule has 1 aliphatic heterocycles. The Hall–Kier alpha value is -2.59. The highest BCUT2D eigenvalue weighted by molar-refractivity contribution is 7.92. The first-order valence-corrected chi connectivity index (χ1v) is 12.3. The average Bonchev–Trinajstić information content (AvgIpc) is 3.31. The van der Waals surface area contributed by atoms with E-state index in [1.807, 2.05) is 10.3 Å². The van der Waals surface area contributed by atoms with Crippen molar-refractivity contribution in [3.8, 4) is 0 Å². The second-order valence-corrected chi connectivity index (χ2v) is 9.86. The molecule has 0 spiro atoms. The number of hydrogen-bond donors (Lipinski definition) is 2. The fourth-order valence-corrected chi connectivity index (χ4v) is 5.26. The third-order valence-corrected chi connectivity index (χ3v) is 7.23. The lowest BCUT2D eigenvalue weighted by Gasteiger charge is -2.30. The summed E-state index contributed by atoms with van der Waals surface area (Å²) in [6.45, 7) is 2.18. The van der Waals surface area contributed by atoms with Crippen LogP contribution in [-0.4, -0.2) is 40.6 Å². The smallest absolute Gasteiger partial charge is 0.265 e. The maximum absolute atomic E-state index is 13.3. The first-order chi connectivity index (χ1) is 14.9. The van der Waals surface area contributed by atoms with Gasteiger partial charge in [-0.05, 0) is 53.9 Å². The van der Waals surface area contributed by atoms with Gasteiger partial charge in [0.1, 0.15) is 4.90 Å². The van der Waals surface area contributed by atoms with Gasteiger partial charge in [-0.1, -0.05) is 17.7 Å². The number of nitrogens with zero attached hydrogens (tertiary/aromatic N) is 1. The van der Waals surface area contributed by atoms with Crippen LogP contribution in [0, 0.1) is 0 Å². The van der Waals surface area contributed by atoms with Crippen LogP contribution in [0.1, 0.15) is 9.67 Å². The van der Waals surface area contributed by atoms with Gasteiger partial charge in [0.25, 0.3) is 15.9 Å². The van der Waals surface area contributed by atoms with Crippen LogP contribution in [0.25, 0.3) is 0 Å². The molecule has 0 aliphatic carbocycles. The minimum atomic E-state index is -3.94. The molecule has 2 heterocycles. The van der Waals surface area contributed by atoms with Crippen LogP contribution in [0.2, 0.25) is 5.02 Å². The molecule has 0 atom stereocenters.